The van der Waals surface area contributed by atoms with Crippen molar-refractivity contribution in [3.05, 3.63) is 54.4 Å². The van der Waals surface area contributed by atoms with E-state index in [9.17, 15) is 4.79 Å². The van der Waals surface area contributed by atoms with E-state index in [2.05, 4.69) is 74.3 Å². The van der Waals surface area contributed by atoms with Crippen LogP contribution in [0.2, 0.25) is 0 Å². The van der Waals surface area contributed by atoms with E-state index in [0.29, 0.717) is 17.9 Å². The number of hydrogen-bond donors (Lipinski definition) is 0. The monoisotopic (exact) mass is 586 g/mol. The Morgan fingerprint density at radius 3 is 2.42 bits per heavy atom. The molecule has 0 radical (unpaired) electrons. The molecular weight excluding hydrogens is 540 g/mol. The van der Waals surface area contributed by atoms with Gasteiger partial charge in [-0.3, -0.25) is 9.69 Å². The molecule has 3 aromatic rings. The van der Waals surface area contributed by atoms with Gasteiger partial charge in [0.1, 0.15) is 0 Å². The molecule has 4 heterocycles. The Bertz CT molecular complexity index is 1410. The van der Waals surface area contributed by atoms with Crippen molar-refractivity contribution < 1.29 is 14.3 Å². The molecule has 0 unspecified atom stereocenters. The van der Waals surface area contributed by atoms with E-state index in [-0.39, 0.29) is 11.5 Å². The van der Waals surface area contributed by atoms with E-state index in [4.69, 9.17) is 9.47 Å². The number of aromatic nitrogens is 2. The Morgan fingerprint density at radius 1 is 1.05 bits per heavy atom. The molecule has 1 atom stereocenters. The molecule has 43 heavy (non-hydrogen) atoms. The van der Waals surface area contributed by atoms with Crippen LogP contribution in [-0.4, -0.2) is 105 Å². The quantitative estimate of drug-likeness (QED) is 0.347. The molecule has 1 aromatic carbocycles. The second-order valence-electron chi connectivity index (χ2n) is 12.5. The number of piperazine rings is 1. The van der Waals surface area contributed by atoms with Gasteiger partial charge in [-0.05, 0) is 61.8 Å². The molecule has 0 bridgehead atoms. The number of aliphatic imine (C=N–C) groups is 1. The number of carbonyl (C=O) groups is 1. The Labute approximate surface area is 255 Å². The number of rotatable bonds is 9. The zero-order chi connectivity index (χ0) is 30.0. The summed E-state index contributed by atoms with van der Waals surface area (Å²) in [5.74, 6) is 0.952. The summed E-state index contributed by atoms with van der Waals surface area (Å²) in [6.07, 6.45) is 9.79. The number of anilines is 1. The SMILES string of the molecule is CN=CC1CC(C(=O)N2CCN(c3ccnn4cc(-c5ccc(C6(OC)CCN([C@@H](C)COC)CC6)cc5)cc34)CC2)C1. The first kappa shape index (κ1) is 29.8. The van der Waals surface area contributed by atoms with Gasteiger partial charge in [0.2, 0.25) is 5.91 Å². The summed E-state index contributed by atoms with van der Waals surface area (Å²) in [6.45, 7) is 8.15. The third-order valence-electron chi connectivity index (χ3n) is 10.1. The maximum atomic E-state index is 13.0. The highest BCUT2D eigenvalue weighted by Crippen LogP contribution is 2.38. The van der Waals surface area contributed by atoms with Crippen LogP contribution in [0.5, 0.6) is 0 Å². The zero-order valence-electron chi connectivity index (χ0n) is 26.1. The second-order valence-corrected chi connectivity index (χ2v) is 12.5. The maximum Gasteiger partial charge on any atom is 0.225 e. The Kier molecular flexibility index (Phi) is 8.84. The van der Waals surface area contributed by atoms with Crippen molar-refractivity contribution in [2.75, 3.05) is 72.0 Å². The van der Waals surface area contributed by atoms with Crippen LogP contribution < -0.4 is 4.90 Å². The van der Waals surface area contributed by atoms with Crippen LogP contribution in [-0.2, 0) is 19.9 Å². The van der Waals surface area contributed by atoms with Gasteiger partial charge in [-0.25, -0.2) is 4.52 Å². The number of benzene rings is 1. The average molecular weight is 587 g/mol. The van der Waals surface area contributed by atoms with E-state index in [0.717, 1.165) is 82.6 Å². The zero-order valence-corrected chi connectivity index (χ0v) is 26.1. The predicted molar refractivity (Wildman–Crippen MR) is 171 cm³/mol. The van der Waals surface area contributed by atoms with Gasteiger partial charge in [0.25, 0.3) is 0 Å². The molecule has 0 N–H and O–H groups in total. The average Bonchev–Trinajstić information content (AvgIpc) is 3.47. The summed E-state index contributed by atoms with van der Waals surface area (Å²) < 4.78 is 13.5. The summed E-state index contributed by atoms with van der Waals surface area (Å²) in [7, 11) is 5.42. The van der Waals surface area contributed by atoms with E-state index in [1.165, 1.54) is 16.8 Å². The number of ether oxygens (including phenoxy) is 2. The van der Waals surface area contributed by atoms with Gasteiger partial charge in [-0.2, -0.15) is 5.10 Å². The molecule has 6 rings (SSSR count). The summed E-state index contributed by atoms with van der Waals surface area (Å²) in [5.41, 5.74) is 5.55. The number of amides is 1. The highest BCUT2D eigenvalue weighted by atomic mass is 16.5. The van der Waals surface area contributed by atoms with Crippen LogP contribution in [0.1, 0.15) is 38.2 Å². The molecule has 1 aliphatic carbocycles. The lowest BCUT2D eigenvalue weighted by Gasteiger charge is -2.43. The van der Waals surface area contributed by atoms with E-state index < -0.39 is 0 Å². The van der Waals surface area contributed by atoms with Crippen molar-refractivity contribution in [2.45, 2.75) is 44.2 Å². The number of fused-ring (bicyclic) bond motifs is 1. The van der Waals surface area contributed by atoms with Crippen molar-refractivity contribution in [1.82, 2.24) is 19.4 Å². The fraction of sp³-hybridized carbons (Fsp3) is 0.559. The highest BCUT2D eigenvalue weighted by molar-refractivity contribution is 5.83. The minimum atomic E-state index is -0.254. The third kappa shape index (κ3) is 5.95. The van der Waals surface area contributed by atoms with Gasteiger partial charge in [-0.1, -0.05) is 24.3 Å². The van der Waals surface area contributed by atoms with Gasteiger partial charge in [-0.15, -0.1) is 0 Å². The number of methoxy groups -OCH3 is 2. The summed E-state index contributed by atoms with van der Waals surface area (Å²) in [4.78, 5) is 24.1. The lowest BCUT2D eigenvalue weighted by Crippen LogP contribution is -2.52. The molecule has 2 aliphatic heterocycles. The Morgan fingerprint density at radius 2 is 1.77 bits per heavy atom. The Hall–Kier alpha value is -3.27. The van der Waals surface area contributed by atoms with E-state index >= 15 is 0 Å². The van der Waals surface area contributed by atoms with Crippen LogP contribution in [0.15, 0.2) is 53.8 Å². The van der Waals surface area contributed by atoms with Gasteiger partial charge in [0.15, 0.2) is 0 Å². The van der Waals surface area contributed by atoms with Crippen molar-refractivity contribution in [3.63, 3.8) is 0 Å². The first-order valence-corrected chi connectivity index (χ1v) is 15.8. The molecular formula is C34H46N6O3. The molecule has 0 spiro atoms. The molecule has 2 saturated heterocycles. The van der Waals surface area contributed by atoms with Gasteiger partial charge >= 0.3 is 0 Å². The van der Waals surface area contributed by atoms with Crippen molar-refractivity contribution in [1.29, 1.82) is 0 Å². The summed E-state index contributed by atoms with van der Waals surface area (Å²) in [5, 5.41) is 4.62. The number of likely N-dealkylation sites (tertiary alicyclic amines) is 1. The second kappa shape index (κ2) is 12.8. The lowest BCUT2D eigenvalue weighted by molar-refractivity contribution is -0.139. The van der Waals surface area contributed by atoms with Gasteiger partial charge in [0, 0.05) is 96.7 Å². The first-order valence-electron chi connectivity index (χ1n) is 15.8. The lowest BCUT2D eigenvalue weighted by atomic mass is 9.75. The van der Waals surface area contributed by atoms with Gasteiger partial charge < -0.3 is 24.3 Å². The molecule has 1 amide bonds. The predicted octanol–water partition coefficient (Wildman–Crippen LogP) is 4.35. The number of nitrogens with zero attached hydrogens (tertiary/aromatic N) is 6. The summed E-state index contributed by atoms with van der Waals surface area (Å²) in [6, 6.07) is 13.7. The molecule has 3 aliphatic rings. The number of carbonyl (C=O) groups excluding carboxylic acids is 1. The molecule has 9 heteroatoms. The molecule has 1 saturated carbocycles. The van der Waals surface area contributed by atoms with Gasteiger partial charge in [0.05, 0.1) is 23.4 Å². The fourth-order valence-electron chi connectivity index (χ4n) is 7.30. The molecule has 230 valence electrons. The Balaban J connectivity index is 1.12. The smallest absolute Gasteiger partial charge is 0.225 e. The van der Waals surface area contributed by atoms with E-state index in [1.54, 1.807) is 7.11 Å². The number of piperidine rings is 1. The maximum absolute atomic E-state index is 13.0. The largest absolute Gasteiger partial charge is 0.383 e. The molecule has 9 nitrogen and oxygen atoms in total. The van der Waals surface area contributed by atoms with Crippen molar-refractivity contribution >= 4 is 23.3 Å². The van der Waals surface area contributed by atoms with Crippen LogP contribution in [0, 0.1) is 11.8 Å². The highest BCUT2D eigenvalue weighted by Gasteiger charge is 2.38. The van der Waals surface area contributed by atoms with Crippen LogP contribution in [0.4, 0.5) is 5.69 Å². The molecule has 2 aromatic heterocycles. The van der Waals surface area contributed by atoms with Crippen molar-refractivity contribution in [3.8, 4) is 11.1 Å². The summed E-state index contributed by atoms with van der Waals surface area (Å²) >= 11 is 0. The fourth-order valence-corrected chi connectivity index (χ4v) is 7.30. The third-order valence-corrected chi connectivity index (χ3v) is 10.1. The van der Waals surface area contributed by atoms with E-state index in [1.807, 2.05) is 31.1 Å². The standard InChI is InChI=1S/C34H46N6O3/c1-25(24-42-3)37-13-10-34(43-4,11-14-37)30-7-5-27(6-8-30)29-21-32-31(9-12-36-40(32)23-29)38-15-17-39(18-16-38)33(41)28-19-26(20-28)22-35-2/h5-9,12,21-23,25-26,28H,10-11,13-20,24H2,1-4H3/t25-,26?,28?/m0/s1. The molecule has 3 fully saturated rings. The minimum Gasteiger partial charge on any atom is -0.383 e. The minimum absolute atomic E-state index is 0.165. The van der Waals surface area contributed by atoms with Crippen molar-refractivity contribution in [2.24, 2.45) is 16.8 Å². The van der Waals surface area contributed by atoms with Crippen LogP contribution in [0.25, 0.3) is 16.6 Å². The van der Waals surface area contributed by atoms with Crippen LogP contribution >= 0.6 is 0 Å². The topological polar surface area (TPSA) is 74.9 Å². The van der Waals surface area contributed by atoms with Crippen LogP contribution in [0.3, 0.4) is 0 Å². The first-order chi connectivity index (χ1) is 20.9. The number of hydrogen-bond acceptors (Lipinski definition) is 7. The normalized spacial score (nSPS) is 23.5.